The van der Waals surface area contributed by atoms with Gasteiger partial charge in [-0.1, -0.05) is 17.2 Å². The molecule has 0 aliphatic carbocycles. The SMILES string of the molecule is C=CCCC1=C(C)CC(C(=O)O)N(C(=O)OC(C)(C)C)C1. The number of allylic oxidation sites excluding steroid dienone is 1. The van der Waals surface area contributed by atoms with E-state index in [1.165, 1.54) is 4.90 Å². The van der Waals surface area contributed by atoms with Crippen molar-refractivity contribution in [2.75, 3.05) is 6.54 Å². The number of rotatable bonds is 4. The van der Waals surface area contributed by atoms with Crippen molar-refractivity contribution >= 4 is 12.1 Å². The number of carbonyl (C=O) groups excluding carboxylic acids is 1. The summed E-state index contributed by atoms with van der Waals surface area (Å²) in [5.74, 6) is -0.997. The lowest BCUT2D eigenvalue weighted by Crippen LogP contribution is -2.50. The number of aliphatic carboxylic acids is 1. The first-order chi connectivity index (χ1) is 9.65. The third-order valence-electron chi connectivity index (χ3n) is 3.40. The Kier molecular flexibility index (Phi) is 5.58. The van der Waals surface area contributed by atoms with Gasteiger partial charge in [-0.2, -0.15) is 0 Å². The average molecular weight is 295 g/mol. The highest BCUT2D eigenvalue weighted by Gasteiger charge is 2.36. The van der Waals surface area contributed by atoms with E-state index in [0.29, 0.717) is 13.0 Å². The van der Waals surface area contributed by atoms with Gasteiger partial charge in [0.1, 0.15) is 11.6 Å². The molecule has 1 N–H and O–H groups in total. The molecule has 1 amide bonds. The number of ether oxygens (including phenoxy) is 1. The normalized spacial score (nSPS) is 19.4. The maximum Gasteiger partial charge on any atom is 0.411 e. The predicted molar refractivity (Wildman–Crippen MR) is 81.1 cm³/mol. The van der Waals surface area contributed by atoms with Crippen molar-refractivity contribution < 1.29 is 19.4 Å². The molecule has 1 unspecified atom stereocenters. The highest BCUT2D eigenvalue weighted by atomic mass is 16.6. The van der Waals surface area contributed by atoms with Crippen molar-refractivity contribution in [1.29, 1.82) is 0 Å². The van der Waals surface area contributed by atoms with E-state index < -0.39 is 23.7 Å². The standard InChI is InChI=1S/C16H25NO4/c1-6-7-8-12-10-17(15(20)21-16(3,4)5)13(14(18)19)9-11(12)2/h6,13H,1,7-10H2,2-5H3,(H,18,19). The van der Waals surface area contributed by atoms with Gasteiger partial charge < -0.3 is 9.84 Å². The van der Waals surface area contributed by atoms with E-state index in [1.807, 2.05) is 13.0 Å². The second-order valence-corrected chi connectivity index (χ2v) is 6.38. The molecule has 118 valence electrons. The van der Waals surface area contributed by atoms with Gasteiger partial charge in [0.05, 0.1) is 0 Å². The summed E-state index contributed by atoms with van der Waals surface area (Å²) in [6.07, 6.45) is 3.20. The van der Waals surface area contributed by atoms with Gasteiger partial charge >= 0.3 is 12.1 Å². The first kappa shape index (κ1) is 17.3. The summed E-state index contributed by atoms with van der Waals surface area (Å²) in [6, 6.07) is -0.854. The van der Waals surface area contributed by atoms with Crippen LogP contribution in [0.15, 0.2) is 23.8 Å². The van der Waals surface area contributed by atoms with E-state index in [4.69, 9.17) is 4.74 Å². The van der Waals surface area contributed by atoms with Gasteiger partial charge in [0.2, 0.25) is 0 Å². The number of carbonyl (C=O) groups is 2. The zero-order chi connectivity index (χ0) is 16.2. The van der Waals surface area contributed by atoms with Crippen molar-refractivity contribution in [1.82, 2.24) is 4.90 Å². The van der Waals surface area contributed by atoms with Gasteiger partial charge in [0.25, 0.3) is 0 Å². The van der Waals surface area contributed by atoms with Crippen LogP contribution in [0.5, 0.6) is 0 Å². The van der Waals surface area contributed by atoms with E-state index >= 15 is 0 Å². The molecule has 0 saturated carbocycles. The van der Waals surface area contributed by atoms with E-state index in [-0.39, 0.29) is 0 Å². The minimum Gasteiger partial charge on any atom is -0.480 e. The quantitative estimate of drug-likeness (QED) is 0.808. The Morgan fingerprint density at radius 2 is 2.10 bits per heavy atom. The number of hydrogen-bond donors (Lipinski definition) is 1. The molecule has 0 aromatic rings. The van der Waals surface area contributed by atoms with Gasteiger partial charge in [0.15, 0.2) is 0 Å². The second kappa shape index (κ2) is 6.78. The Bertz CT molecular complexity index is 459. The lowest BCUT2D eigenvalue weighted by atomic mass is 9.93. The third kappa shape index (κ3) is 4.92. The monoisotopic (exact) mass is 295 g/mol. The fourth-order valence-corrected chi connectivity index (χ4v) is 2.30. The summed E-state index contributed by atoms with van der Waals surface area (Å²) < 4.78 is 5.33. The van der Waals surface area contributed by atoms with Gasteiger partial charge in [0, 0.05) is 6.54 Å². The van der Waals surface area contributed by atoms with Crippen LogP contribution in [0.3, 0.4) is 0 Å². The molecule has 0 aromatic carbocycles. The van der Waals surface area contributed by atoms with Gasteiger partial charge in [-0.15, -0.1) is 6.58 Å². The van der Waals surface area contributed by atoms with Crippen molar-refractivity contribution in [3.63, 3.8) is 0 Å². The smallest absolute Gasteiger partial charge is 0.411 e. The highest BCUT2D eigenvalue weighted by Crippen LogP contribution is 2.27. The summed E-state index contributed by atoms with van der Waals surface area (Å²) in [7, 11) is 0. The van der Waals surface area contributed by atoms with E-state index in [0.717, 1.165) is 24.0 Å². The molecular formula is C16H25NO4. The Morgan fingerprint density at radius 3 is 2.57 bits per heavy atom. The first-order valence-corrected chi connectivity index (χ1v) is 7.16. The molecule has 1 aliphatic heterocycles. The molecule has 5 nitrogen and oxygen atoms in total. The third-order valence-corrected chi connectivity index (χ3v) is 3.40. The van der Waals surface area contributed by atoms with Crippen LogP contribution in [0, 0.1) is 0 Å². The molecule has 1 heterocycles. The van der Waals surface area contributed by atoms with Gasteiger partial charge in [-0.25, -0.2) is 9.59 Å². The van der Waals surface area contributed by atoms with Crippen molar-refractivity contribution in [3.05, 3.63) is 23.8 Å². The Balaban J connectivity index is 2.95. The van der Waals surface area contributed by atoms with Crippen LogP contribution in [-0.2, 0) is 9.53 Å². The molecule has 1 aliphatic rings. The zero-order valence-corrected chi connectivity index (χ0v) is 13.3. The molecule has 1 rings (SSSR count). The molecule has 0 fully saturated rings. The Hall–Kier alpha value is -1.78. The Morgan fingerprint density at radius 1 is 1.48 bits per heavy atom. The van der Waals surface area contributed by atoms with E-state index in [2.05, 4.69) is 6.58 Å². The van der Waals surface area contributed by atoms with Crippen LogP contribution in [0.2, 0.25) is 0 Å². The van der Waals surface area contributed by atoms with Crippen molar-refractivity contribution in [2.24, 2.45) is 0 Å². The summed E-state index contributed by atoms with van der Waals surface area (Å²) in [4.78, 5) is 25.0. The van der Waals surface area contributed by atoms with Crippen LogP contribution in [0.25, 0.3) is 0 Å². The van der Waals surface area contributed by atoms with Gasteiger partial charge in [-0.05, 0) is 47.0 Å². The molecule has 5 heteroatoms. The molecule has 0 aromatic heterocycles. The number of amides is 1. The van der Waals surface area contributed by atoms with Crippen LogP contribution in [-0.4, -0.2) is 40.3 Å². The molecule has 0 bridgehead atoms. The minimum absolute atomic E-state index is 0.311. The largest absolute Gasteiger partial charge is 0.480 e. The fraction of sp³-hybridized carbons (Fsp3) is 0.625. The zero-order valence-electron chi connectivity index (χ0n) is 13.3. The molecular weight excluding hydrogens is 270 g/mol. The maximum atomic E-state index is 12.3. The van der Waals surface area contributed by atoms with Crippen LogP contribution < -0.4 is 0 Å². The van der Waals surface area contributed by atoms with Crippen molar-refractivity contribution in [2.45, 2.75) is 58.6 Å². The molecule has 0 radical (unpaired) electrons. The predicted octanol–water partition coefficient (Wildman–Crippen LogP) is 3.36. The maximum absolute atomic E-state index is 12.3. The second-order valence-electron chi connectivity index (χ2n) is 6.38. The van der Waals surface area contributed by atoms with Crippen LogP contribution in [0.1, 0.15) is 47.0 Å². The lowest BCUT2D eigenvalue weighted by molar-refractivity contribution is -0.143. The summed E-state index contributed by atoms with van der Waals surface area (Å²) in [5, 5.41) is 9.35. The molecule has 0 spiro atoms. The number of carboxylic acids is 1. The van der Waals surface area contributed by atoms with Crippen LogP contribution in [0.4, 0.5) is 4.79 Å². The fourth-order valence-electron chi connectivity index (χ4n) is 2.30. The van der Waals surface area contributed by atoms with E-state index in [9.17, 15) is 14.7 Å². The van der Waals surface area contributed by atoms with E-state index in [1.54, 1.807) is 20.8 Å². The summed E-state index contributed by atoms with van der Waals surface area (Å²) in [5.41, 5.74) is 1.50. The number of hydrogen-bond acceptors (Lipinski definition) is 3. The van der Waals surface area contributed by atoms with Gasteiger partial charge in [-0.3, -0.25) is 4.90 Å². The van der Waals surface area contributed by atoms with Crippen LogP contribution >= 0.6 is 0 Å². The topological polar surface area (TPSA) is 66.8 Å². The highest BCUT2D eigenvalue weighted by molar-refractivity contribution is 5.81. The minimum atomic E-state index is -0.997. The Labute approximate surface area is 126 Å². The first-order valence-electron chi connectivity index (χ1n) is 7.16. The number of carboxylic acid groups (broad SMARTS) is 1. The average Bonchev–Trinajstić information content (AvgIpc) is 2.34. The molecule has 21 heavy (non-hydrogen) atoms. The lowest BCUT2D eigenvalue weighted by Gasteiger charge is -2.36. The molecule has 1 atom stereocenters. The van der Waals surface area contributed by atoms with Crippen molar-refractivity contribution in [3.8, 4) is 0 Å². The number of nitrogens with zero attached hydrogens (tertiary/aromatic N) is 1. The molecule has 0 saturated heterocycles. The summed E-state index contributed by atoms with van der Waals surface area (Å²) >= 11 is 0. The summed E-state index contributed by atoms with van der Waals surface area (Å²) in [6.45, 7) is 11.2.